The van der Waals surface area contributed by atoms with Crippen LogP contribution in [0, 0.1) is 5.82 Å². The third-order valence-electron chi connectivity index (χ3n) is 6.45. The van der Waals surface area contributed by atoms with E-state index in [4.69, 9.17) is 0 Å². The first-order valence-corrected chi connectivity index (χ1v) is 12.3. The van der Waals surface area contributed by atoms with Gasteiger partial charge in [-0.1, -0.05) is 52.0 Å². The van der Waals surface area contributed by atoms with Gasteiger partial charge in [-0.05, 0) is 47.2 Å². The highest BCUT2D eigenvalue weighted by Gasteiger charge is 2.24. The van der Waals surface area contributed by atoms with Crippen molar-refractivity contribution >= 4 is 11.8 Å². The summed E-state index contributed by atoms with van der Waals surface area (Å²) in [6.45, 7) is 13.3. The molecule has 0 unspecified atom stereocenters. The lowest BCUT2D eigenvalue weighted by atomic mass is 9.86. The molecule has 5 nitrogen and oxygen atoms in total. The van der Waals surface area contributed by atoms with Crippen LogP contribution in [-0.2, 0) is 16.8 Å². The van der Waals surface area contributed by atoms with Crippen molar-refractivity contribution in [1.82, 2.24) is 14.7 Å². The van der Waals surface area contributed by atoms with Crippen molar-refractivity contribution in [2.45, 2.75) is 52.5 Å². The molecule has 184 valence electrons. The highest BCUT2D eigenvalue weighted by Crippen LogP contribution is 2.22. The smallest absolute Gasteiger partial charge is 0.253 e. The molecule has 2 amide bonds. The third-order valence-corrected chi connectivity index (χ3v) is 6.45. The molecular weight excluding hydrogens is 429 g/mol. The molecule has 2 aromatic rings. The Hall–Kier alpha value is -2.73. The Morgan fingerprint density at radius 1 is 0.941 bits per heavy atom. The van der Waals surface area contributed by atoms with Crippen molar-refractivity contribution in [2.24, 2.45) is 0 Å². The van der Waals surface area contributed by atoms with E-state index in [0.29, 0.717) is 32.6 Å². The minimum atomic E-state index is -0.271. The molecular formula is C28H38FN3O2. The molecule has 0 spiro atoms. The maximum absolute atomic E-state index is 13.2. The molecule has 0 saturated carbocycles. The van der Waals surface area contributed by atoms with Crippen molar-refractivity contribution in [2.75, 3.05) is 39.3 Å². The van der Waals surface area contributed by atoms with E-state index in [9.17, 15) is 14.0 Å². The molecule has 0 aliphatic carbocycles. The largest absolute Gasteiger partial charge is 0.337 e. The van der Waals surface area contributed by atoms with E-state index in [-0.39, 0.29) is 23.0 Å². The second-order valence-corrected chi connectivity index (χ2v) is 10.2. The lowest BCUT2D eigenvalue weighted by molar-refractivity contribution is -0.132. The molecule has 0 bridgehead atoms. The van der Waals surface area contributed by atoms with Crippen LogP contribution in [0.2, 0.25) is 0 Å². The van der Waals surface area contributed by atoms with E-state index in [1.807, 2.05) is 41.0 Å². The molecule has 0 radical (unpaired) electrons. The van der Waals surface area contributed by atoms with Gasteiger partial charge in [-0.15, -0.1) is 0 Å². The van der Waals surface area contributed by atoms with Gasteiger partial charge < -0.3 is 9.80 Å². The quantitative estimate of drug-likeness (QED) is 0.565. The third kappa shape index (κ3) is 7.13. The molecule has 0 aromatic heterocycles. The number of carbonyl (C=O) groups is 2. The highest BCUT2D eigenvalue weighted by molar-refractivity contribution is 5.94. The van der Waals surface area contributed by atoms with Gasteiger partial charge in [0.1, 0.15) is 5.82 Å². The average molecular weight is 468 g/mol. The Balaban J connectivity index is 1.52. The molecule has 34 heavy (non-hydrogen) atoms. The monoisotopic (exact) mass is 467 g/mol. The number of piperazine rings is 1. The fourth-order valence-electron chi connectivity index (χ4n) is 4.21. The molecule has 0 N–H and O–H groups in total. The summed E-state index contributed by atoms with van der Waals surface area (Å²) in [4.78, 5) is 31.7. The standard InChI is InChI=1S/C28H38FN3O2/c1-5-6-26(33)32(21-22-7-13-25(29)14-8-22)20-17-30-15-18-31(19-16-30)27(34)23-9-11-24(12-10-23)28(2,3)4/h7-14H,5-6,15-21H2,1-4H3. The normalized spacial score (nSPS) is 14.8. The summed E-state index contributed by atoms with van der Waals surface area (Å²) in [5, 5.41) is 0. The van der Waals surface area contributed by atoms with Gasteiger partial charge in [0.25, 0.3) is 5.91 Å². The number of rotatable bonds is 8. The maximum Gasteiger partial charge on any atom is 0.253 e. The zero-order valence-electron chi connectivity index (χ0n) is 21.0. The summed E-state index contributed by atoms with van der Waals surface area (Å²) in [5.74, 6) is -0.0664. The molecule has 1 heterocycles. The Kier molecular flexibility index (Phi) is 8.84. The number of hydrogen-bond acceptors (Lipinski definition) is 3. The number of carbonyl (C=O) groups excluding carboxylic acids is 2. The average Bonchev–Trinajstić information content (AvgIpc) is 2.82. The van der Waals surface area contributed by atoms with E-state index in [2.05, 4.69) is 25.7 Å². The van der Waals surface area contributed by atoms with Crippen LogP contribution in [0.4, 0.5) is 4.39 Å². The van der Waals surface area contributed by atoms with Gasteiger partial charge in [0.15, 0.2) is 0 Å². The van der Waals surface area contributed by atoms with E-state index in [0.717, 1.165) is 37.2 Å². The molecule has 1 fully saturated rings. The molecule has 1 aliphatic heterocycles. The van der Waals surface area contributed by atoms with Gasteiger partial charge >= 0.3 is 0 Å². The van der Waals surface area contributed by atoms with Crippen molar-refractivity contribution in [3.05, 3.63) is 71.0 Å². The minimum Gasteiger partial charge on any atom is -0.337 e. The van der Waals surface area contributed by atoms with E-state index in [1.165, 1.54) is 17.7 Å². The van der Waals surface area contributed by atoms with E-state index >= 15 is 0 Å². The summed E-state index contributed by atoms with van der Waals surface area (Å²) in [5.41, 5.74) is 2.95. The van der Waals surface area contributed by atoms with Gasteiger partial charge in [-0.3, -0.25) is 14.5 Å². The number of halogens is 1. The molecule has 0 atom stereocenters. The first kappa shape index (κ1) is 25.9. The van der Waals surface area contributed by atoms with E-state index in [1.54, 1.807) is 12.1 Å². The predicted molar refractivity (Wildman–Crippen MR) is 134 cm³/mol. The molecule has 3 rings (SSSR count). The van der Waals surface area contributed by atoms with Gasteiger partial charge in [0, 0.05) is 57.8 Å². The molecule has 2 aromatic carbocycles. The maximum atomic E-state index is 13.2. The zero-order chi connectivity index (χ0) is 24.7. The Labute approximate surface area is 203 Å². The number of hydrogen-bond donors (Lipinski definition) is 0. The Morgan fingerprint density at radius 3 is 2.12 bits per heavy atom. The van der Waals surface area contributed by atoms with Gasteiger partial charge in [-0.25, -0.2) is 4.39 Å². The Bertz CT molecular complexity index is 943. The number of benzene rings is 2. The lowest BCUT2D eigenvalue weighted by Crippen LogP contribution is -2.50. The van der Waals surface area contributed by atoms with E-state index < -0.39 is 0 Å². The van der Waals surface area contributed by atoms with Crippen LogP contribution in [0.25, 0.3) is 0 Å². The van der Waals surface area contributed by atoms with Gasteiger partial charge in [0.05, 0.1) is 0 Å². The van der Waals surface area contributed by atoms with Crippen molar-refractivity contribution in [3.63, 3.8) is 0 Å². The second kappa shape index (κ2) is 11.6. The van der Waals surface area contributed by atoms with Crippen LogP contribution >= 0.6 is 0 Å². The van der Waals surface area contributed by atoms with Crippen molar-refractivity contribution in [1.29, 1.82) is 0 Å². The summed E-state index contributed by atoms with van der Waals surface area (Å²) in [6, 6.07) is 14.3. The SMILES string of the molecule is CCCC(=O)N(CCN1CCN(C(=O)c2ccc(C(C)(C)C)cc2)CC1)Cc1ccc(F)cc1. The highest BCUT2D eigenvalue weighted by atomic mass is 19.1. The Morgan fingerprint density at radius 2 is 1.56 bits per heavy atom. The van der Waals surface area contributed by atoms with Crippen LogP contribution in [0.1, 0.15) is 62.0 Å². The summed E-state index contributed by atoms with van der Waals surface area (Å²) >= 11 is 0. The van der Waals surface area contributed by atoms with Crippen LogP contribution in [0.15, 0.2) is 48.5 Å². The topological polar surface area (TPSA) is 43.9 Å². The first-order valence-electron chi connectivity index (χ1n) is 12.3. The number of nitrogens with zero attached hydrogens (tertiary/aromatic N) is 3. The molecule has 6 heteroatoms. The summed E-state index contributed by atoms with van der Waals surface area (Å²) in [7, 11) is 0. The van der Waals surface area contributed by atoms with Gasteiger partial charge in [0.2, 0.25) is 5.91 Å². The summed E-state index contributed by atoms with van der Waals surface area (Å²) < 4.78 is 13.2. The zero-order valence-corrected chi connectivity index (χ0v) is 21.0. The van der Waals surface area contributed by atoms with Crippen LogP contribution in [0.5, 0.6) is 0 Å². The molecule has 1 aliphatic rings. The van der Waals surface area contributed by atoms with Crippen LogP contribution in [0.3, 0.4) is 0 Å². The van der Waals surface area contributed by atoms with Crippen LogP contribution < -0.4 is 0 Å². The minimum absolute atomic E-state index is 0.0658. The van der Waals surface area contributed by atoms with Crippen molar-refractivity contribution in [3.8, 4) is 0 Å². The fourth-order valence-corrected chi connectivity index (χ4v) is 4.21. The predicted octanol–water partition coefficient (Wildman–Crippen LogP) is 4.71. The molecule has 1 saturated heterocycles. The van der Waals surface area contributed by atoms with Gasteiger partial charge in [-0.2, -0.15) is 0 Å². The number of amides is 2. The lowest BCUT2D eigenvalue weighted by Gasteiger charge is -2.36. The summed E-state index contributed by atoms with van der Waals surface area (Å²) in [6.07, 6.45) is 1.31. The second-order valence-electron chi connectivity index (χ2n) is 10.2. The fraction of sp³-hybridized carbons (Fsp3) is 0.500. The first-order chi connectivity index (χ1) is 16.2. The van der Waals surface area contributed by atoms with Crippen molar-refractivity contribution < 1.29 is 14.0 Å². The van der Waals surface area contributed by atoms with Crippen LogP contribution in [-0.4, -0.2) is 65.8 Å².